The van der Waals surface area contributed by atoms with Crippen LogP contribution in [0.4, 0.5) is 5.69 Å². The summed E-state index contributed by atoms with van der Waals surface area (Å²) in [7, 11) is -2.27. The molecule has 2 rings (SSSR count). The van der Waals surface area contributed by atoms with Crippen molar-refractivity contribution in [1.82, 2.24) is 4.72 Å². The number of nitrogens with one attached hydrogen (secondary N) is 2. The fourth-order valence-corrected chi connectivity index (χ4v) is 3.34. The van der Waals surface area contributed by atoms with Crippen LogP contribution in [0.2, 0.25) is 0 Å². The monoisotopic (exact) mass is 332 g/mol. The molecule has 5 nitrogen and oxygen atoms in total. The first-order valence-electron chi connectivity index (χ1n) is 7.17. The fraction of sp³-hybridized carbons (Fsp3) is 0.235. The highest BCUT2D eigenvalue weighted by atomic mass is 32.2. The molecule has 0 aliphatic heterocycles. The summed E-state index contributed by atoms with van der Waals surface area (Å²) in [4.78, 5) is 12.5. The Balaban J connectivity index is 2.42. The van der Waals surface area contributed by atoms with Crippen LogP contribution in [-0.2, 0) is 10.0 Å². The Labute approximate surface area is 136 Å². The van der Waals surface area contributed by atoms with Crippen molar-refractivity contribution in [2.45, 2.75) is 25.7 Å². The second-order valence-electron chi connectivity index (χ2n) is 5.45. The van der Waals surface area contributed by atoms with Gasteiger partial charge in [0.15, 0.2) is 0 Å². The maximum Gasteiger partial charge on any atom is 0.255 e. The lowest BCUT2D eigenvalue weighted by molar-refractivity contribution is 0.102. The lowest BCUT2D eigenvalue weighted by Gasteiger charge is -2.12. The van der Waals surface area contributed by atoms with E-state index in [-0.39, 0.29) is 10.8 Å². The first-order chi connectivity index (χ1) is 10.7. The molecule has 2 N–H and O–H groups in total. The van der Waals surface area contributed by atoms with Crippen molar-refractivity contribution < 1.29 is 13.2 Å². The standard InChI is InChI=1S/C17H20N2O3S/c1-11-6-5-7-15(8-11)19-17(20)14-9-12(2)13(3)16(10-14)23(21,22)18-4/h5-10,18H,1-4H3,(H,19,20). The predicted molar refractivity (Wildman–Crippen MR) is 91.3 cm³/mol. The van der Waals surface area contributed by atoms with Crippen molar-refractivity contribution in [2.75, 3.05) is 12.4 Å². The molecule has 1 amide bonds. The minimum Gasteiger partial charge on any atom is -0.322 e. The van der Waals surface area contributed by atoms with Gasteiger partial charge in [-0.25, -0.2) is 13.1 Å². The van der Waals surface area contributed by atoms with Gasteiger partial charge in [-0.15, -0.1) is 0 Å². The normalized spacial score (nSPS) is 11.3. The van der Waals surface area contributed by atoms with Crippen LogP contribution in [0, 0.1) is 20.8 Å². The molecule has 0 aromatic heterocycles. The SMILES string of the molecule is CNS(=O)(=O)c1cc(C(=O)Nc2cccc(C)c2)cc(C)c1C. The van der Waals surface area contributed by atoms with Crippen LogP contribution in [0.15, 0.2) is 41.3 Å². The molecule has 0 aliphatic carbocycles. The van der Waals surface area contributed by atoms with Gasteiger partial charge in [0.2, 0.25) is 10.0 Å². The van der Waals surface area contributed by atoms with E-state index in [9.17, 15) is 13.2 Å². The van der Waals surface area contributed by atoms with E-state index in [1.165, 1.54) is 13.1 Å². The average molecular weight is 332 g/mol. The summed E-state index contributed by atoms with van der Waals surface area (Å²) in [6.45, 7) is 5.44. The van der Waals surface area contributed by atoms with Crippen molar-refractivity contribution in [2.24, 2.45) is 0 Å². The van der Waals surface area contributed by atoms with Crippen molar-refractivity contribution in [3.63, 3.8) is 0 Å². The minimum absolute atomic E-state index is 0.120. The number of amides is 1. The van der Waals surface area contributed by atoms with E-state index in [2.05, 4.69) is 10.0 Å². The fourth-order valence-electron chi connectivity index (χ4n) is 2.27. The van der Waals surface area contributed by atoms with Crippen LogP contribution < -0.4 is 10.0 Å². The van der Waals surface area contributed by atoms with Gasteiger partial charge in [0.25, 0.3) is 5.91 Å². The largest absolute Gasteiger partial charge is 0.322 e. The molecule has 2 aromatic rings. The number of rotatable bonds is 4. The van der Waals surface area contributed by atoms with Crippen molar-refractivity contribution in [3.05, 3.63) is 58.7 Å². The van der Waals surface area contributed by atoms with Gasteiger partial charge in [-0.3, -0.25) is 4.79 Å². The number of hydrogen-bond donors (Lipinski definition) is 2. The van der Waals surface area contributed by atoms with Crippen molar-refractivity contribution in [1.29, 1.82) is 0 Å². The lowest BCUT2D eigenvalue weighted by Crippen LogP contribution is -2.21. The van der Waals surface area contributed by atoms with Gasteiger partial charge in [-0.2, -0.15) is 0 Å². The summed E-state index contributed by atoms with van der Waals surface area (Å²) in [6.07, 6.45) is 0. The Kier molecular flexibility index (Phi) is 4.87. The first kappa shape index (κ1) is 17.2. The molecule has 2 aromatic carbocycles. The Hall–Kier alpha value is -2.18. The van der Waals surface area contributed by atoms with Crippen LogP contribution in [-0.4, -0.2) is 21.4 Å². The first-order valence-corrected chi connectivity index (χ1v) is 8.65. The van der Waals surface area contributed by atoms with Crippen LogP contribution in [0.3, 0.4) is 0 Å². The zero-order valence-corrected chi connectivity index (χ0v) is 14.4. The molecule has 0 aliphatic rings. The quantitative estimate of drug-likeness (QED) is 0.904. The smallest absolute Gasteiger partial charge is 0.255 e. The maximum absolute atomic E-state index is 12.4. The Morgan fingerprint density at radius 1 is 1.04 bits per heavy atom. The Bertz CT molecular complexity index is 858. The molecular weight excluding hydrogens is 312 g/mol. The second kappa shape index (κ2) is 6.52. The summed E-state index contributed by atoms with van der Waals surface area (Å²) in [6, 6.07) is 10.5. The van der Waals surface area contributed by atoms with Gasteiger partial charge in [0.05, 0.1) is 4.90 Å². The number of sulfonamides is 1. The molecule has 0 radical (unpaired) electrons. The molecule has 122 valence electrons. The molecule has 0 heterocycles. The van der Waals surface area contributed by atoms with E-state index in [1.807, 2.05) is 25.1 Å². The minimum atomic E-state index is -3.62. The molecule has 0 atom stereocenters. The van der Waals surface area contributed by atoms with E-state index in [0.717, 1.165) is 11.1 Å². The van der Waals surface area contributed by atoms with Crippen molar-refractivity contribution in [3.8, 4) is 0 Å². The number of aryl methyl sites for hydroxylation is 2. The summed E-state index contributed by atoms with van der Waals surface area (Å²) >= 11 is 0. The number of anilines is 1. The van der Waals surface area contributed by atoms with Gasteiger partial charge < -0.3 is 5.32 Å². The van der Waals surface area contributed by atoms with Gasteiger partial charge in [0.1, 0.15) is 0 Å². The van der Waals surface area contributed by atoms with E-state index in [4.69, 9.17) is 0 Å². The lowest BCUT2D eigenvalue weighted by atomic mass is 10.1. The molecular formula is C17H20N2O3S. The zero-order valence-electron chi connectivity index (χ0n) is 13.6. The molecule has 0 bridgehead atoms. The number of carbonyl (C=O) groups is 1. The van der Waals surface area contributed by atoms with E-state index >= 15 is 0 Å². The van der Waals surface area contributed by atoms with Crippen LogP contribution >= 0.6 is 0 Å². The number of carbonyl (C=O) groups excluding carboxylic acids is 1. The average Bonchev–Trinajstić information content (AvgIpc) is 2.49. The van der Waals surface area contributed by atoms with Gasteiger partial charge in [-0.1, -0.05) is 12.1 Å². The predicted octanol–water partition coefficient (Wildman–Crippen LogP) is 2.77. The molecule has 0 unspecified atom stereocenters. The third-order valence-corrected chi connectivity index (χ3v) is 5.26. The van der Waals surface area contributed by atoms with E-state index in [0.29, 0.717) is 16.8 Å². The van der Waals surface area contributed by atoms with E-state index < -0.39 is 10.0 Å². The summed E-state index contributed by atoms with van der Waals surface area (Å²) in [5, 5.41) is 2.79. The van der Waals surface area contributed by atoms with Crippen LogP contribution in [0.5, 0.6) is 0 Å². The summed E-state index contributed by atoms with van der Waals surface area (Å²) in [5.74, 6) is -0.341. The van der Waals surface area contributed by atoms with Crippen LogP contribution in [0.25, 0.3) is 0 Å². The third kappa shape index (κ3) is 3.78. The Morgan fingerprint density at radius 3 is 2.35 bits per heavy atom. The van der Waals surface area contributed by atoms with Gasteiger partial charge in [0, 0.05) is 11.3 Å². The summed E-state index contributed by atoms with van der Waals surface area (Å²) in [5.41, 5.74) is 3.39. The highest BCUT2D eigenvalue weighted by Crippen LogP contribution is 2.22. The van der Waals surface area contributed by atoms with Crippen molar-refractivity contribution >= 4 is 21.6 Å². The van der Waals surface area contributed by atoms with Gasteiger partial charge >= 0.3 is 0 Å². The Morgan fingerprint density at radius 2 is 1.74 bits per heavy atom. The molecule has 0 spiro atoms. The third-order valence-electron chi connectivity index (χ3n) is 3.72. The highest BCUT2D eigenvalue weighted by molar-refractivity contribution is 7.89. The van der Waals surface area contributed by atoms with Gasteiger partial charge in [-0.05, 0) is 68.8 Å². The van der Waals surface area contributed by atoms with E-state index in [1.54, 1.807) is 26.0 Å². The molecule has 23 heavy (non-hydrogen) atoms. The molecule has 0 saturated carbocycles. The molecule has 6 heteroatoms. The summed E-state index contributed by atoms with van der Waals surface area (Å²) < 4.78 is 26.5. The number of hydrogen-bond acceptors (Lipinski definition) is 3. The number of benzene rings is 2. The second-order valence-corrected chi connectivity index (χ2v) is 7.30. The zero-order chi connectivity index (χ0) is 17.2. The molecule has 0 fully saturated rings. The van der Waals surface area contributed by atoms with Crippen LogP contribution in [0.1, 0.15) is 27.0 Å². The topological polar surface area (TPSA) is 75.3 Å². The highest BCUT2D eigenvalue weighted by Gasteiger charge is 2.19. The maximum atomic E-state index is 12.4. The molecule has 0 saturated heterocycles.